The van der Waals surface area contributed by atoms with Gasteiger partial charge in [-0.05, 0) is 49.4 Å². The fraction of sp³-hybridized carbons (Fsp3) is 0.176. The number of amides is 1. The lowest BCUT2D eigenvalue weighted by atomic mass is 9.98. The van der Waals surface area contributed by atoms with Crippen LogP contribution in [0.4, 0.5) is 5.13 Å². The lowest BCUT2D eigenvalue weighted by Crippen LogP contribution is -2.22. The second-order valence-electron chi connectivity index (χ2n) is 9.64. The molecule has 9 nitrogen and oxygen atoms in total. The number of hydrogen-bond acceptors (Lipinski definition) is 10. The first-order valence-corrected chi connectivity index (χ1v) is 15.5. The zero-order valence-corrected chi connectivity index (χ0v) is 26.9. The highest BCUT2D eigenvalue weighted by molar-refractivity contribution is 8.00. The van der Waals surface area contributed by atoms with Crippen LogP contribution >= 0.6 is 23.1 Å². The number of pyridine rings is 1. The Balaban J connectivity index is 1.46. The summed E-state index contributed by atoms with van der Waals surface area (Å²) in [4.78, 5) is 22.9. The Bertz CT molecular complexity index is 1870. The molecule has 5 rings (SSSR count). The summed E-state index contributed by atoms with van der Waals surface area (Å²) in [6.07, 6.45) is 0. The highest BCUT2D eigenvalue weighted by Crippen LogP contribution is 2.41. The number of anilines is 1. The number of hydrogen-bond donors (Lipinski definition) is 1. The number of carbonyl (C=O) groups is 1. The SMILES string of the molecule is COc1ccc(OC)c(-c2cc(-c3ccccc3)nc(SC(C)C(=O)Nc3nc(-c4ccc(OC)c(OC)c4)cs3)c2C#N)c1. The molecule has 228 valence electrons. The summed E-state index contributed by atoms with van der Waals surface area (Å²) in [5, 5.41) is 15.4. The lowest BCUT2D eigenvalue weighted by molar-refractivity contribution is -0.115. The Morgan fingerprint density at radius 2 is 1.56 bits per heavy atom. The third kappa shape index (κ3) is 6.87. The molecule has 0 spiro atoms. The van der Waals surface area contributed by atoms with Crippen LogP contribution in [0.1, 0.15) is 12.5 Å². The van der Waals surface area contributed by atoms with Gasteiger partial charge in [0.25, 0.3) is 0 Å². The summed E-state index contributed by atoms with van der Waals surface area (Å²) < 4.78 is 21.9. The number of benzene rings is 3. The van der Waals surface area contributed by atoms with Gasteiger partial charge in [0.2, 0.25) is 5.91 Å². The molecule has 1 amide bonds. The smallest absolute Gasteiger partial charge is 0.239 e. The zero-order chi connectivity index (χ0) is 31.9. The van der Waals surface area contributed by atoms with Crippen LogP contribution in [0, 0.1) is 11.3 Å². The van der Waals surface area contributed by atoms with Gasteiger partial charge in [0, 0.05) is 27.6 Å². The fourth-order valence-corrected chi connectivity index (χ4v) is 6.24. The number of nitrogens with one attached hydrogen (secondary N) is 1. The molecular weight excluding hydrogens is 609 g/mol. The molecule has 0 aliphatic carbocycles. The zero-order valence-electron chi connectivity index (χ0n) is 25.3. The van der Waals surface area contributed by atoms with Crippen LogP contribution in [-0.4, -0.2) is 49.6 Å². The molecule has 0 saturated carbocycles. The van der Waals surface area contributed by atoms with Gasteiger partial charge in [0.05, 0.1) is 50.6 Å². The molecule has 0 aliphatic rings. The number of nitriles is 1. The highest BCUT2D eigenvalue weighted by Gasteiger charge is 2.24. The lowest BCUT2D eigenvalue weighted by Gasteiger charge is -2.17. The van der Waals surface area contributed by atoms with E-state index in [4.69, 9.17) is 23.9 Å². The summed E-state index contributed by atoms with van der Waals surface area (Å²) in [6, 6.07) is 24.8. The second kappa shape index (κ2) is 14.2. The molecular formula is C34H30N4O5S2. The van der Waals surface area contributed by atoms with Crippen LogP contribution in [0.5, 0.6) is 23.0 Å². The molecule has 0 bridgehead atoms. The predicted molar refractivity (Wildman–Crippen MR) is 178 cm³/mol. The summed E-state index contributed by atoms with van der Waals surface area (Å²) in [6.45, 7) is 1.77. The molecule has 1 N–H and O–H groups in total. The fourth-order valence-electron chi connectivity index (χ4n) is 4.60. The highest BCUT2D eigenvalue weighted by atomic mass is 32.2. The maximum absolute atomic E-state index is 13.4. The number of rotatable bonds is 11. The third-order valence-electron chi connectivity index (χ3n) is 6.94. The van der Waals surface area contributed by atoms with Gasteiger partial charge in [-0.2, -0.15) is 5.26 Å². The molecule has 5 aromatic rings. The van der Waals surface area contributed by atoms with Gasteiger partial charge in [0.15, 0.2) is 16.6 Å². The van der Waals surface area contributed by atoms with Gasteiger partial charge < -0.3 is 24.3 Å². The molecule has 3 aromatic carbocycles. The quantitative estimate of drug-likeness (QED) is 0.146. The standard InChI is InChI=1S/C34H30N4O5S2/c1-20(32(39)38-34-37-28(19-44-34)22-11-13-30(42-4)31(15-22)43-5)45-33-26(18-35)24(17-27(36-33)21-9-7-6-8-10-21)25-16-23(40-2)12-14-29(25)41-3/h6-17,19-20H,1-5H3,(H,37,38,39). The topological polar surface area (TPSA) is 116 Å². The maximum Gasteiger partial charge on any atom is 0.239 e. The molecule has 45 heavy (non-hydrogen) atoms. The van der Waals surface area contributed by atoms with Gasteiger partial charge in [-0.3, -0.25) is 4.79 Å². The molecule has 11 heteroatoms. The third-order valence-corrected chi connectivity index (χ3v) is 8.78. The molecule has 1 unspecified atom stereocenters. The molecule has 0 aliphatic heterocycles. The number of thioether (sulfide) groups is 1. The van der Waals surface area contributed by atoms with Crippen molar-refractivity contribution in [3.8, 4) is 62.7 Å². The minimum absolute atomic E-state index is 0.274. The minimum Gasteiger partial charge on any atom is -0.497 e. The van der Waals surface area contributed by atoms with E-state index in [0.29, 0.717) is 61.2 Å². The summed E-state index contributed by atoms with van der Waals surface area (Å²) >= 11 is 2.52. The Morgan fingerprint density at radius 1 is 0.822 bits per heavy atom. The van der Waals surface area contributed by atoms with E-state index in [1.807, 2.05) is 66.0 Å². The van der Waals surface area contributed by atoms with Crippen molar-refractivity contribution in [1.82, 2.24) is 9.97 Å². The van der Waals surface area contributed by atoms with Crippen LogP contribution in [0.3, 0.4) is 0 Å². The van der Waals surface area contributed by atoms with Crippen LogP contribution < -0.4 is 24.3 Å². The van der Waals surface area contributed by atoms with E-state index < -0.39 is 5.25 Å². The van der Waals surface area contributed by atoms with E-state index in [-0.39, 0.29) is 5.91 Å². The van der Waals surface area contributed by atoms with Gasteiger partial charge >= 0.3 is 0 Å². The van der Waals surface area contributed by atoms with Gasteiger partial charge in [-0.25, -0.2) is 9.97 Å². The molecule has 0 radical (unpaired) electrons. The van der Waals surface area contributed by atoms with E-state index in [2.05, 4.69) is 16.4 Å². The Kier molecular flexibility index (Phi) is 9.87. The van der Waals surface area contributed by atoms with Gasteiger partial charge in [-0.15, -0.1) is 11.3 Å². The molecule has 0 saturated heterocycles. The predicted octanol–water partition coefficient (Wildman–Crippen LogP) is 7.56. The normalized spacial score (nSPS) is 11.3. The van der Waals surface area contributed by atoms with Gasteiger partial charge in [0.1, 0.15) is 22.6 Å². The average Bonchev–Trinajstić information content (AvgIpc) is 3.55. The van der Waals surface area contributed by atoms with Crippen molar-refractivity contribution < 1.29 is 23.7 Å². The Hall–Kier alpha value is -5.05. The number of nitrogens with zero attached hydrogens (tertiary/aromatic N) is 3. The summed E-state index contributed by atoms with van der Waals surface area (Å²) in [5.74, 6) is 2.12. The summed E-state index contributed by atoms with van der Waals surface area (Å²) in [5.41, 5.74) is 4.67. The number of methoxy groups -OCH3 is 4. The van der Waals surface area contributed by atoms with Crippen molar-refractivity contribution in [2.75, 3.05) is 33.8 Å². The van der Waals surface area contributed by atoms with E-state index in [9.17, 15) is 10.1 Å². The van der Waals surface area contributed by atoms with Crippen LogP contribution in [0.2, 0.25) is 0 Å². The van der Waals surface area contributed by atoms with E-state index in [1.54, 1.807) is 47.5 Å². The number of thiazole rings is 1. The largest absolute Gasteiger partial charge is 0.497 e. The average molecular weight is 639 g/mol. The minimum atomic E-state index is -0.607. The Morgan fingerprint density at radius 3 is 2.24 bits per heavy atom. The van der Waals surface area contributed by atoms with Crippen molar-refractivity contribution in [2.45, 2.75) is 17.2 Å². The van der Waals surface area contributed by atoms with E-state index >= 15 is 0 Å². The first-order chi connectivity index (χ1) is 21.9. The Labute approximate surface area is 269 Å². The number of aromatic nitrogens is 2. The van der Waals surface area contributed by atoms with Crippen LogP contribution in [0.25, 0.3) is 33.6 Å². The first-order valence-electron chi connectivity index (χ1n) is 13.8. The second-order valence-corrected chi connectivity index (χ2v) is 11.8. The monoisotopic (exact) mass is 638 g/mol. The molecule has 0 fully saturated rings. The van der Waals surface area contributed by atoms with Crippen LogP contribution in [-0.2, 0) is 4.79 Å². The molecule has 2 heterocycles. The van der Waals surface area contributed by atoms with Crippen molar-refractivity contribution in [3.63, 3.8) is 0 Å². The van der Waals surface area contributed by atoms with Crippen molar-refractivity contribution in [2.24, 2.45) is 0 Å². The van der Waals surface area contributed by atoms with Crippen molar-refractivity contribution in [3.05, 3.63) is 83.7 Å². The molecule has 2 aromatic heterocycles. The first kappa shape index (κ1) is 31.4. The molecule has 1 atom stereocenters. The van der Waals surface area contributed by atoms with E-state index in [0.717, 1.165) is 11.1 Å². The number of ether oxygens (including phenoxy) is 4. The summed E-state index contributed by atoms with van der Waals surface area (Å²) in [7, 11) is 6.32. The van der Waals surface area contributed by atoms with E-state index in [1.165, 1.54) is 23.1 Å². The number of carbonyl (C=O) groups excluding carboxylic acids is 1. The van der Waals surface area contributed by atoms with Gasteiger partial charge in [-0.1, -0.05) is 42.1 Å². The maximum atomic E-state index is 13.4. The van der Waals surface area contributed by atoms with Crippen LogP contribution in [0.15, 0.2) is 83.2 Å². The van der Waals surface area contributed by atoms with Crippen molar-refractivity contribution in [1.29, 1.82) is 5.26 Å². The van der Waals surface area contributed by atoms with Crippen molar-refractivity contribution >= 4 is 34.1 Å².